The minimum absolute atomic E-state index is 0.176. The second-order valence-corrected chi connectivity index (χ2v) is 3.84. The number of aryl methyl sites for hydroxylation is 1. The molecule has 0 spiro atoms. The number of carboxylic acids is 1. The maximum absolute atomic E-state index is 12.1. The minimum atomic E-state index is -1.18. The summed E-state index contributed by atoms with van der Waals surface area (Å²) in [4.78, 5) is 26.8. The van der Waals surface area contributed by atoms with E-state index in [2.05, 4.69) is 10.3 Å². The average molecular weight is 259 g/mol. The molecular formula is C13H13N3O3. The Balaban J connectivity index is 2.27. The Morgan fingerprint density at radius 1 is 1.37 bits per heavy atom. The molecule has 2 aromatic heterocycles. The number of anilines is 1. The maximum atomic E-state index is 12.1. The van der Waals surface area contributed by atoms with Gasteiger partial charge < -0.3 is 15.0 Å². The number of aromatic nitrogens is 2. The van der Waals surface area contributed by atoms with Crippen molar-refractivity contribution in [2.45, 2.75) is 13.5 Å². The fourth-order valence-electron chi connectivity index (χ4n) is 1.76. The Morgan fingerprint density at radius 3 is 2.84 bits per heavy atom. The lowest BCUT2D eigenvalue weighted by Crippen LogP contribution is -2.18. The van der Waals surface area contributed by atoms with Crippen LogP contribution in [0.3, 0.4) is 0 Å². The molecule has 2 aromatic rings. The molecule has 0 bridgehead atoms. The summed E-state index contributed by atoms with van der Waals surface area (Å²) in [6.07, 6.45) is 3.16. The highest BCUT2D eigenvalue weighted by Gasteiger charge is 2.15. The number of carbonyl (C=O) groups excluding carboxylic acids is 1. The molecule has 0 aliphatic carbocycles. The third-order valence-electron chi connectivity index (χ3n) is 2.66. The van der Waals surface area contributed by atoms with Crippen LogP contribution in [0.1, 0.15) is 27.9 Å². The van der Waals surface area contributed by atoms with Gasteiger partial charge in [-0.2, -0.15) is 0 Å². The number of pyridine rings is 1. The number of aromatic carboxylic acids is 1. The lowest BCUT2D eigenvalue weighted by molar-refractivity contribution is 0.0692. The number of carbonyl (C=O) groups is 2. The van der Waals surface area contributed by atoms with E-state index in [1.54, 1.807) is 29.0 Å². The van der Waals surface area contributed by atoms with Gasteiger partial charge in [0.2, 0.25) is 0 Å². The zero-order chi connectivity index (χ0) is 13.8. The number of nitrogens with zero attached hydrogens (tertiary/aromatic N) is 2. The van der Waals surface area contributed by atoms with Crippen LogP contribution in [-0.2, 0) is 6.54 Å². The molecule has 0 atom stereocenters. The first-order chi connectivity index (χ1) is 9.13. The smallest absolute Gasteiger partial charge is 0.356 e. The van der Waals surface area contributed by atoms with Crippen LogP contribution >= 0.6 is 0 Å². The molecule has 0 radical (unpaired) electrons. The van der Waals surface area contributed by atoms with Crippen LogP contribution in [0.4, 0.5) is 5.69 Å². The summed E-state index contributed by atoms with van der Waals surface area (Å²) in [6.45, 7) is 2.58. The predicted octanol–water partition coefficient (Wildman–Crippen LogP) is 1.85. The second-order valence-electron chi connectivity index (χ2n) is 3.84. The van der Waals surface area contributed by atoms with Gasteiger partial charge >= 0.3 is 5.97 Å². The minimum Gasteiger partial charge on any atom is -0.476 e. The number of rotatable bonds is 4. The Kier molecular flexibility index (Phi) is 3.61. The van der Waals surface area contributed by atoms with Gasteiger partial charge in [0.05, 0.1) is 5.69 Å². The summed E-state index contributed by atoms with van der Waals surface area (Å²) in [7, 11) is 0. The lowest BCUT2D eigenvalue weighted by Gasteiger charge is -2.09. The van der Waals surface area contributed by atoms with Crippen molar-refractivity contribution in [1.82, 2.24) is 9.55 Å². The van der Waals surface area contributed by atoms with E-state index in [0.29, 0.717) is 12.2 Å². The van der Waals surface area contributed by atoms with Gasteiger partial charge in [0, 0.05) is 18.9 Å². The van der Waals surface area contributed by atoms with Crippen LogP contribution in [0.15, 0.2) is 36.7 Å². The second kappa shape index (κ2) is 5.34. The van der Waals surface area contributed by atoms with Gasteiger partial charge in [-0.15, -0.1) is 0 Å². The van der Waals surface area contributed by atoms with E-state index in [-0.39, 0.29) is 17.3 Å². The van der Waals surface area contributed by atoms with Gasteiger partial charge in [0.25, 0.3) is 5.91 Å². The molecule has 98 valence electrons. The predicted molar refractivity (Wildman–Crippen MR) is 69.3 cm³/mol. The van der Waals surface area contributed by atoms with Gasteiger partial charge in [0.1, 0.15) is 5.69 Å². The zero-order valence-corrected chi connectivity index (χ0v) is 10.3. The quantitative estimate of drug-likeness (QED) is 0.877. The van der Waals surface area contributed by atoms with Gasteiger partial charge in [-0.25, -0.2) is 9.78 Å². The van der Waals surface area contributed by atoms with E-state index in [1.807, 2.05) is 6.92 Å². The number of hydrogen-bond acceptors (Lipinski definition) is 3. The Labute approximate surface area is 109 Å². The van der Waals surface area contributed by atoms with Crippen molar-refractivity contribution in [2.24, 2.45) is 0 Å². The van der Waals surface area contributed by atoms with E-state index in [4.69, 9.17) is 5.11 Å². The first kappa shape index (κ1) is 12.8. The molecule has 0 saturated carbocycles. The van der Waals surface area contributed by atoms with Crippen LogP contribution in [0, 0.1) is 0 Å². The average Bonchev–Trinajstić information content (AvgIpc) is 2.87. The molecule has 6 nitrogen and oxygen atoms in total. The molecule has 0 aliphatic heterocycles. The molecule has 2 heterocycles. The Morgan fingerprint density at radius 2 is 2.16 bits per heavy atom. The van der Waals surface area contributed by atoms with Crippen molar-refractivity contribution in [3.63, 3.8) is 0 Å². The molecule has 19 heavy (non-hydrogen) atoms. The molecule has 2 N–H and O–H groups in total. The van der Waals surface area contributed by atoms with Crippen molar-refractivity contribution >= 4 is 17.6 Å². The molecule has 0 fully saturated rings. The van der Waals surface area contributed by atoms with Crippen molar-refractivity contribution in [3.05, 3.63) is 48.0 Å². The summed E-state index contributed by atoms with van der Waals surface area (Å²) < 4.78 is 1.77. The highest BCUT2D eigenvalue weighted by molar-refractivity contribution is 6.06. The van der Waals surface area contributed by atoms with E-state index < -0.39 is 5.97 Å². The normalized spacial score (nSPS) is 10.2. The largest absolute Gasteiger partial charge is 0.476 e. The van der Waals surface area contributed by atoms with Crippen molar-refractivity contribution in [1.29, 1.82) is 0 Å². The van der Waals surface area contributed by atoms with E-state index in [1.165, 1.54) is 12.3 Å². The van der Waals surface area contributed by atoms with Crippen molar-refractivity contribution in [3.8, 4) is 0 Å². The van der Waals surface area contributed by atoms with Crippen LogP contribution in [0.25, 0.3) is 0 Å². The number of amides is 1. The fourth-order valence-corrected chi connectivity index (χ4v) is 1.76. The summed E-state index contributed by atoms with van der Waals surface area (Å²) in [5.74, 6) is -1.54. The van der Waals surface area contributed by atoms with Crippen molar-refractivity contribution < 1.29 is 14.7 Å². The Hall–Kier alpha value is -2.63. The molecule has 0 aromatic carbocycles. The van der Waals surface area contributed by atoms with E-state index >= 15 is 0 Å². The van der Waals surface area contributed by atoms with Crippen LogP contribution in [0.2, 0.25) is 0 Å². The van der Waals surface area contributed by atoms with Crippen LogP contribution in [-0.4, -0.2) is 26.5 Å². The standard InChI is InChI=1S/C13H13N3O3/c1-2-16-8-4-6-10(16)12(17)15-9-5-3-7-14-11(9)13(18)19/h3-8H,2H2,1H3,(H,15,17)(H,18,19). The molecule has 2 rings (SSSR count). The fraction of sp³-hybridized carbons (Fsp3) is 0.154. The zero-order valence-electron chi connectivity index (χ0n) is 10.3. The third kappa shape index (κ3) is 2.62. The lowest BCUT2D eigenvalue weighted by atomic mass is 10.2. The van der Waals surface area contributed by atoms with E-state index in [0.717, 1.165) is 0 Å². The van der Waals surface area contributed by atoms with Gasteiger partial charge in [-0.05, 0) is 31.2 Å². The summed E-state index contributed by atoms with van der Waals surface area (Å²) in [5, 5.41) is 11.6. The number of nitrogens with one attached hydrogen (secondary N) is 1. The number of hydrogen-bond donors (Lipinski definition) is 2. The molecule has 1 amide bonds. The molecule has 0 saturated heterocycles. The highest BCUT2D eigenvalue weighted by Crippen LogP contribution is 2.14. The monoisotopic (exact) mass is 259 g/mol. The van der Waals surface area contributed by atoms with Gasteiger partial charge in [0.15, 0.2) is 5.69 Å². The molecular weight excluding hydrogens is 246 g/mol. The summed E-state index contributed by atoms with van der Waals surface area (Å²) in [5.41, 5.74) is 0.483. The van der Waals surface area contributed by atoms with Gasteiger partial charge in [-0.1, -0.05) is 0 Å². The summed E-state index contributed by atoms with van der Waals surface area (Å²) in [6, 6.07) is 6.52. The van der Waals surface area contributed by atoms with Gasteiger partial charge in [-0.3, -0.25) is 4.79 Å². The number of carboxylic acid groups (broad SMARTS) is 1. The van der Waals surface area contributed by atoms with Crippen molar-refractivity contribution in [2.75, 3.05) is 5.32 Å². The first-order valence-corrected chi connectivity index (χ1v) is 5.78. The Bertz CT molecular complexity index is 619. The van der Waals surface area contributed by atoms with E-state index in [9.17, 15) is 9.59 Å². The first-order valence-electron chi connectivity index (χ1n) is 5.78. The molecule has 6 heteroatoms. The maximum Gasteiger partial charge on any atom is 0.356 e. The SMILES string of the molecule is CCn1cccc1C(=O)Nc1cccnc1C(=O)O. The third-order valence-corrected chi connectivity index (χ3v) is 2.66. The van der Waals surface area contributed by atoms with Crippen LogP contribution in [0.5, 0.6) is 0 Å². The highest BCUT2D eigenvalue weighted by atomic mass is 16.4. The van der Waals surface area contributed by atoms with Crippen LogP contribution < -0.4 is 5.32 Å². The molecule has 0 unspecified atom stereocenters. The topological polar surface area (TPSA) is 84.2 Å². The summed E-state index contributed by atoms with van der Waals surface area (Å²) >= 11 is 0. The molecule has 0 aliphatic rings.